The zero-order chi connectivity index (χ0) is 24.8. The molecule has 0 saturated heterocycles. The first-order valence-corrected chi connectivity index (χ1v) is 10.9. The Hall–Kier alpha value is -3.88. The second kappa shape index (κ2) is 10.8. The minimum Gasteiger partial charge on any atom is -0.481 e. The van der Waals surface area contributed by atoms with Gasteiger partial charge in [-0.2, -0.15) is 0 Å². The summed E-state index contributed by atoms with van der Waals surface area (Å²) in [6, 6.07) is 14.4. The summed E-state index contributed by atoms with van der Waals surface area (Å²) in [4.78, 5) is 49.5. The Morgan fingerprint density at radius 1 is 1.03 bits per heavy atom. The molecule has 1 aliphatic rings. The van der Waals surface area contributed by atoms with Gasteiger partial charge in [-0.05, 0) is 22.3 Å². The average Bonchev–Trinajstić information content (AvgIpc) is 3.14. The number of amides is 2. The number of likely N-dealkylation sites (N-methyl/N-ethyl adjacent to an activating group) is 1. The third-order valence-corrected chi connectivity index (χ3v) is 5.84. The topological polar surface area (TPSA) is 122 Å². The number of benzene rings is 2. The van der Waals surface area contributed by atoms with Gasteiger partial charge in [0.25, 0.3) is 0 Å². The fourth-order valence-electron chi connectivity index (χ4n) is 4.20. The molecule has 0 spiro atoms. The normalized spacial score (nSPS) is 13.7. The zero-order valence-corrected chi connectivity index (χ0v) is 19.3. The lowest BCUT2D eigenvalue weighted by molar-refractivity contribution is -0.147. The molecule has 9 heteroatoms. The van der Waals surface area contributed by atoms with Crippen molar-refractivity contribution in [3.05, 3.63) is 59.7 Å². The minimum absolute atomic E-state index is 0.00793. The summed E-state index contributed by atoms with van der Waals surface area (Å²) in [5.74, 6) is -3.19. The molecule has 2 aromatic carbocycles. The van der Waals surface area contributed by atoms with E-state index in [4.69, 9.17) is 4.74 Å². The number of rotatable bonds is 9. The van der Waals surface area contributed by atoms with E-state index in [-0.39, 0.29) is 19.1 Å². The van der Waals surface area contributed by atoms with Crippen molar-refractivity contribution in [1.29, 1.82) is 0 Å². The van der Waals surface area contributed by atoms with Gasteiger partial charge in [-0.25, -0.2) is 4.79 Å². The number of nitrogens with one attached hydrogen (secondary N) is 1. The van der Waals surface area contributed by atoms with Gasteiger partial charge in [0.15, 0.2) is 0 Å². The van der Waals surface area contributed by atoms with Gasteiger partial charge in [0.1, 0.15) is 12.6 Å². The number of carbonyl (C=O) groups excluding carboxylic acids is 3. The molecule has 0 saturated carbocycles. The number of carboxylic acid groups (broad SMARTS) is 1. The molecule has 0 aliphatic heterocycles. The maximum Gasteiger partial charge on any atom is 0.407 e. The second-order valence-corrected chi connectivity index (χ2v) is 8.26. The summed E-state index contributed by atoms with van der Waals surface area (Å²) < 4.78 is 10.1. The van der Waals surface area contributed by atoms with E-state index >= 15 is 0 Å². The molecular formula is C25H28N2O7. The summed E-state index contributed by atoms with van der Waals surface area (Å²) >= 11 is 0. The number of hydrogen-bond acceptors (Lipinski definition) is 6. The van der Waals surface area contributed by atoms with Crippen LogP contribution >= 0.6 is 0 Å². The molecule has 1 aliphatic carbocycles. The summed E-state index contributed by atoms with van der Waals surface area (Å²) in [6.45, 7) is 1.62. The lowest BCUT2D eigenvalue weighted by Gasteiger charge is -2.25. The number of alkyl carbamates (subject to hydrolysis) is 1. The van der Waals surface area contributed by atoms with Crippen LogP contribution in [0.25, 0.3) is 11.1 Å². The molecule has 0 radical (unpaired) electrons. The van der Waals surface area contributed by atoms with E-state index in [2.05, 4.69) is 10.1 Å². The van der Waals surface area contributed by atoms with Gasteiger partial charge in [0.2, 0.25) is 5.91 Å². The number of ether oxygens (including phenoxy) is 2. The van der Waals surface area contributed by atoms with Gasteiger partial charge in [0.05, 0.1) is 19.4 Å². The second-order valence-electron chi connectivity index (χ2n) is 8.26. The Bertz CT molecular complexity index is 1040. The van der Waals surface area contributed by atoms with E-state index in [0.717, 1.165) is 22.3 Å². The molecule has 0 fully saturated rings. The highest BCUT2D eigenvalue weighted by Crippen LogP contribution is 2.44. The van der Waals surface area contributed by atoms with Crippen LogP contribution in [0.2, 0.25) is 0 Å². The van der Waals surface area contributed by atoms with Gasteiger partial charge in [-0.3, -0.25) is 14.4 Å². The number of carbonyl (C=O) groups is 4. The number of nitrogens with zero attached hydrogens (tertiary/aromatic N) is 1. The highest BCUT2D eigenvalue weighted by Gasteiger charge is 2.31. The number of aliphatic carboxylic acids is 1. The Morgan fingerprint density at radius 3 is 2.12 bits per heavy atom. The SMILES string of the molecule is COC(=O)C(C)CN(C)C(=O)C(CC(=O)O)NC(=O)OCC1c2ccccc2-c2ccccc21. The van der Waals surface area contributed by atoms with Crippen molar-refractivity contribution in [2.75, 3.05) is 27.3 Å². The van der Waals surface area contributed by atoms with E-state index in [1.807, 2.05) is 48.5 Å². The van der Waals surface area contributed by atoms with Crippen LogP contribution in [0.3, 0.4) is 0 Å². The van der Waals surface area contributed by atoms with Crippen LogP contribution in [0, 0.1) is 5.92 Å². The van der Waals surface area contributed by atoms with Crippen molar-refractivity contribution in [1.82, 2.24) is 10.2 Å². The maximum atomic E-state index is 12.8. The standard InChI is InChI=1S/C25H28N2O7/c1-15(24(31)33-3)13-27(2)23(30)21(12-22(28)29)26-25(32)34-14-20-18-10-6-4-8-16(18)17-9-5-7-11-19(17)20/h4-11,15,20-21H,12-14H2,1-3H3,(H,26,32)(H,28,29). The third kappa shape index (κ3) is 5.54. The van der Waals surface area contributed by atoms with E-state index in [0.29, 0.717) is 0 Å². The van der Waals surface area contributed by atoms with Crippen LogP contribution in [0.15, 0.2) is 48.5 Å². The van der Waals surface area contributed by atoms with Crippen LogP contribution in [-0.2, 0) is 23.9 Å². The van der Waals surface area contributed by atoms with Crippen LogP contribution in [0.5, 0.6) is 0 Å². The van der Waals surface area contributed by atoms with Crippen LogP contribution < -0.4 is 5.32 Å². The number of carboxylic acids is 1. The smallest absolute Gasteiger partial charge is 0.407 e. The largest absolute Gasteiger partial charge is 0.481 e. The van der Waals surface area contributed by atoms with Crippen molar-refractivity contribution in [3.8, 4) is 11.1 Å². The molecule has 0 heterocycles. The molecule has 0 bridgehead atoms. The third-order valence-electron chi connectivity index (χ3n) is 5.84. The summed E-state index contributed by atoms with van der Waals surface area (Å²) in [5.41, 5.74) is 4.22. The van der Waals surface area contributed by atoms with Crippen LogP contribution in [0.4, 0.5) is 4.79 Å². The Kier molecular flexibility index (Phi) is 7.88. The van der Waals surface area contributed by atoms with Crippen molar-refractivity contribution >= 4 is 23.9 Å². The molecule has 180 valence electrons. The molecular weight excluding hydrogens is 440 g/mol. The summed E-state index contributed by atoms with van der Waals surface area (Å²) in [5, 5.41) is 11.6. The van der Waals surface area contributed by atoms with Crippen LogP contribution in [-0.4, -0.2) is 67.3 Å². The summed E-state index contributed by atoms with van der Waals surface area (Å²) in [7, 11) is 2.67. The van der Waals surface area contributed by atoms with Gasteiger partial charge < -0.3 is 24.8 Å². The fraction of sp³-hybridized carbons (Fsp3) is 0.360. The van der Waals surface area contributed by atoms with Gasteiger partial charge in [-0.1, -0.05) is 55.5 Å². The van der Waals surface area contributed by atoms with Crippen molar-refractivity contribution in [3.63, 3.8) is 0 Å². The molecule has 0 aromatic heterocycles. The molecule has 2 unspecified atom stereocenters. The number of fused-ring (bicyclic) bond motifs is 3. The van der Waals surface area contributed by atoms with Gasteiger partial charge in [0, 0.05) is 19.5 Å². The Morgan fingerprint density at radius 2 is 1.59 bits per heavy atom. The predicted octanol–water partition coefficient (Wildman–Crippen LogP) is 2.64. The summed E-state index contributed by atoms with van der Waals surface area (Å²) in [6.07, 6.45) is -1.52. The van der Waals surface area contributed by atoms with Crippen molar-refractivity contribution < 1.29 is 33.8 Å². The maximum absolute atomic E-state index is 12.8. The van der Waals surface area contributed by atoms with E-state index in [9.17, 15) is 24.3 Å². The monoisotopic (exact) mass is 468 g/mol. The molecule has 2 amide bonds. The molecule has 9 nitrogen and oxygen atoms in total. The van der Waals surface area contributed by atoms with Crippen molar-refractivity contribution in [2.24, 2.45) is 5.92 Å². The fourth-order valence-corrected chi connectivity index (χ4v) is 4.20. The quantitative estimate of drug-likeness (QED) is 0.543. The first kappa shape index (κ1) is 24.8. The Balaban J connectivity index is 1.66. The lowest BCUT2D eigenvalue weighted by atomic mass is 9.98. The molecule has 2 aromatic rings. The average molecular weight is 469 g/mol. The van der Waals surface area contributed by atoms with Gasteiger partial charge in [-0.15, -0.1) is 0 Å². The number of esters is 1. The van der Waals surface area contributed by atoms with E-state index < -0.39 is 42.3 Å². The predicted molar refractivity (Wildman–Crippen MR) is 123 cm³/mol. The highest BCUT2D eigenvalue weighted by molar-refractivity contribution is 5.89. The first-order valence-electron chi connectivity index (χ1n) is 10.9. The van der Waals surface area contributed by atoms with Crippen molar-refractivity contribution in [2.45, 2.75) is 25.3 Å². The number of methoxy groups -OCH3 is 1. The number of hydrogen-bond donors (Lipinski definition) is 2. The molecule has 2 atom stereocenters. The van der Waals surface area contributed by atoms with E-state index in [1.165, 1.54) is 19.1 Å². The minimum atomic E-state index is -1.34. The molecule has 2 N–H and O–H groups in total. The van der Waals surface area contributed by atoms with E-state index in [1.54, 1.807) is 6.92 Å². The lowest BCUT2D eigenvalue weighted by Crippen LogP contribution is -2.50. The molecule has 34 heavy (non-hydrogen) atoms. The van der Waals surface area contributed by atoms with Crippen LogP contribution in [0.1, 0.15) is 30.4 Å². The van der Waals surface area contributed by atoms with Gasteiger partial charge >= 0.3 is 18.0 Å². The Labute approximate surface area is 197 Å². The zero-order valence-electron chi connectivity index (χ0n) is 19.3. The molecule has 3 rings (SSSR count). The first-order chi connectivity index (χ1) is 16.2. The highest BCUT2D eigenvalue weighted by atomic mass is 16.5.